The molecule has 0 bridgehead atoms. The van der Waals surface area contributed by atoms with Crippen molar-refractivity contribution in [2.75, 3.05) is 0 Å². The van der Waals surface area contributed by atoms with Gasteiger partial charge in [0.15, 0.2) is 8.32 Å². The number of rotatable bonds is 3. The molecule has 0 saturated heterocycles. The summed E-state index contributed by atoms with van der Waals surface area (Å²) in [5.74, 6) is 0. The second kappa shape index (κ2) is 5.53. The average molecular weight is 266 g/mol. The van der Waals surface area contributed by atoms with Crippen LogP contribution in [-0.2, 0) is 9.22 Å². The normalized spacial score (nSPS) is 24.4. The first kappa shape index (κ1) is 15.4. The highest BCUT2D eigenvalue weighted by Crippen LogP contribution is 2.40. The molecule has 1 fully saturated rings. The zero-order valence-electron chi connectivity index (χ0n) is 12.4. The zero-order chi connectivity index (χ0) is 14.0. The number of allylic oxidation sites excluding steroid dienone is 2. The van der Waals surface area contributed by atoms with Crippen LogP contribution in [0.4, 0.5) is 0 Å². The van der Waals surface area contributed by atoms with Gasteiger partial charge in [0.1, 0.15) is 6.29 Å². The van der Waals surface area contributed by atoms with Gasteiger partial charge in [-0.3, -0.25) is 4.79 Å². The molecule has 0 N–H and O–H groups in total. The van der Waals surface area contributed by atoms with Gasteiger partial charge in [0.05, 0.1) is 0 Å². The molecule has 0 unspecified atom stereocenters. The summed E-state index contributed by atoms with van der Waals surface area (Å²) in [5.41, 5.74) is 2.16. The van der Waals surface area contributed by atoms with Gasteiger partial charge in [0.25, 0.3) is 0 Å². The first-order chi connectivity index (χ1) is 8.17. The van der Waals surface area contributed by atoms with E-state index in [0.29, 0.717) is 0 Å². The van der Waals surface area contributed by atoms with Gasteiger partial charge in [-0.05, 0) is 49.0 Å². The maximum Gasteiger partial charge on any atom is 0.192 e. The number of hydrogen-bond donors (Lipinski definition) is 0. The Balaban J connectivity index is 2.73. The summed E-state index contributed by atoms with van der Waals surface area (Å²) in [4.78, 5) is 10.6. The summed E-state index contributed by atoms with van der Waals surface area (Å²) in [6.07, 6.45) is 5.56. The zero-order valence-corrected chi connectivity index (χ0v) is 13.4. The summed E-state index contributed by atoms with van der Waals surface area (Å²) >= 11 is 0. The number of carbonyl (C=O) groups excluding carboxylic acids is 1. The third-order valence-corrected chi connectivity index (χ3v) is 8.74. The van der Waals surface area contributed by atoms with E-state index >= 15 is 0 Å². The predicted octanol–water partition coefficient (Wildman–Crippen LogP) is 4.24. The molecule has 0 aromatic heterocycles. The molecule has 1 aliphatic rings. The fourth-order valence-corrected chi connectivity index (χ4v) is 3.34. The van der Waals surface area contributed by atoms with E-state index in [1.807, 2.05) is 0 Å². The van der Waals surface area contributed by atoms with E-state index in [9.17, 15) is 4.79 Å². The van der Waals surface area contributed by atoms with Gasteiger partial charge in [0.2, 0.25) is 0 Å². The maximum absolute atomic E-state index is 10.6. The first-order valence-electron chi connectivity index (χ1n) is 6.67. The molecule has 0 aromatic rings. The summed E-state index contributed by atoms with van der Waals surface area (Å²) in [5, 5.41) is 0.232. The van der Waals surface area contributed by atoms with Crippen LogP contribution in [0.25, 0.3) is 0 Å². The Morgan fingerprint density at radius 3 is 2.50 bits per heavy atom. The van der Waals surface area contributed by atoms with E-state index in [2.05, 4.69) is 40.4 Å². The molecule has 1 rings (SSSR count). The van der Waals surface area contributed by atoms with Crippen molar-refractivity contribution in [3.8, 4) is 0 Å². The molecule has 0 aliphatic heterocycles. The Bertz CT molecular complexity index is 361. The highest BCUT2D eigenvalue weighted by molar-refractivity contribution is 6.74. The van der Waals surface area contributed by atoms with Crippen LogP contribution in [-0.4, -0.2) is 20.7 Å². The van der Waals surface area contributed by atoms with Crippen molar-refractivity contribution >= 4 is 14.6 Å². The van der Waals surface area contributed by atoms with Crippen molar-refractivity contribution < 1.29 is 9.22 Å². The Morgan fingerprint density at radius 1 is 1.39 bits per heavy atom. The van der Waals surface area contributed by atoms with E-state index in [0.717, 1.165) is 36.7 Å². The Kier molecular flexibility index (Phi) is 4.73. The summed E-state index contributed by atoms with van der Waals surface area (Å²) < 4.78 is 6.41. The molecule has 0 spiro atoms. The molecular formula is C15H26O2Si. The van der Waals surface area contributed by atoms with E-state index in [1.54, 1.807) is 6.08 Å². The van der Waals surface area contributed by atoms with E-state index in [-0.39, 0.29) is 11.1 Å². The molecule has 102 valence electrons. The van der Waals surface area contributed by atoms with Crippen molar-refractivity contribution in [1.82, 2.24) is 0 Å². The SMILES string of the molecule is C=C1CC[C@H](O[Si](C)(C)C(C)(C)C)C/C1=C/C=O. The van der Waals surface area contributed by atoms with Crippen molar-refractivity contribution in [2.45, 2.75) is 64.3 Å². The highest BCUT2D eigenvalue weighted by atomic mass is 28.4. The van der Waals surface area contributed by atoms with Crippen molar-refractivity contribution in [3.63, 3.8) is 0 Å². The van der Waals surface area contributed by atoms with Crippen LogP contribution >= 0.6 is 0 Å². The van der Waals surface area contributed by atoms with Crippen LogP contribution in [0.2, 0.25) is 18.1 Å². The molecule has 0 aromatic carbocycles. The van der Waals surface area contributed by atoms with Gasteiger partial charge in [-0.2, -0.15) is 0 Å². The summed E-state index contributed by atoms with van der Waals surface area (Å²) in [6.45, 7) is 15.3. The average Bonchev–Trinajstić information content (AvgIpc) is 2.21. The van der Waals surface area contributed by atoms with Crippen LogP contribution in [0, 0.1) is 0 Å². The van der Waals surface area contributed by atoms with Crippen molar-refractivity contribution in [2.24, 2.45) is 0 Å². The molecule has 1 saturated carbocycles. The standard InChI is InChI=1S/C15H26O2Si/c1-12-7-8-14(11-13(12)9-10-16)17-18(5,6)15(2,3)4/h9-10,14H,1,7-8,11H2,2-6H3/b13-9-/t14-/m0/s1. The van der Waals surface area contributed by atoms with Crippen LogP contribution in [0.3, 0.4) is 0 Å². The molecule has 1 atom stereocenters. The lowest BCUT2D eigenvalue weighted by Gasteiger charge is -2.41. The lowest BCUT2D eigenvalue weighted by molar-refractivity contribution is -0.104. The van der Waals surface area contributed by atoms with Crippen LogP contribution in [0.5, 0.6) is 0 Å². The fraction of sp³-hybridized carbons (Fsp3) is 0.667. The second-order valence-corrected chi connectivity index (χ2v) is 11.4. The van der Waals surface area contributed by atoms with Crippen LogP contribution in [0.1, 0.15) is 40.0 Å². The van der Waals surface area contributed by atoms with Gasteiger partial charge in [-0.1, -0.05) is 32.9 Å². The number of carbonyl (C=O) groups is 1. The van der Waals surface area contributed by atoms with Gasteiger partial charge < -0.3 is 4.43 Å². The maximum atomic E-state index is 10.6. The molecule has 0 heterocycles. The Hall–Kier alpha value is -0.673. The minimum absolute atomic E-state index is 0.232. The topological polar surface area (TPSA) is 26.3 Å². The minimum atomic E-state index is -1.71. The summed E-state index contributed by atoms with van der Waals surface area (Å²) in [6, 6.07) is 0. The smallest absolute Gasteiger partial charge is 0.192 e. The van der Waals surface area contributed by atoms with Gasteiger partial charge in [-0.15, -0.1) is 0 Å². The molecule has 1 aliphatic carbocycles. The Labute approximate surface area is 112 Å². The van der Waals surface area contributed by atoms with Gasteiger partial charge in [0, 0.05) is 6.10 Å². The second-order valence-electron chi connectivity index (χ2n) is 6.67. The van der Waals surface area contributed by atoms with Gasteiger partial charge >= 0.3 is 0 Å². The minimum Gasteiger partial charge on any atom is -0.414 e. The van der Waals surface area contributed by atoms with E-state index in [1.165, 1.54) is 0 Å². The monoisotopic (exact) mass is 266 g/mol. The molecule has 0 amide bonds. The lowest BCUT2D eigenvalue weighted by atomic mass is 9.88. The molecule has 3 heteroatoms. The lowest BCUT2D eigenvalue weighted by Crippen LogP contribution is -2.44. The quantitative estimate of drug-likeness (QED) is 0.434. The third kappa shape index (κ3) is 3.66. The van der Waals surface area contributed by atoms with Crippen molar-refractivity contribution in [1.29, 1.82) is 0 Å². The largest absolute Gasteiger partial charge is 0.414 e. The Morgan fingerprint density at radius 2 is 2.00 bits per heavy atom. The fourth-order valence-electron chi connectivity index (χ4n) is 1.95. The molecule has 2 nitrogen and oxygen atoms in total. The first-order valence-corrected chi connectivity index (χ1v) is 9.58. The molecule has 0 radical (unpaired) electrons. The molecular weight excluding hydrogens is 240 g/mol. The van der Waals surface area contributed by atoms with E-state index in [4.69, 9.17) is 4.43 Å². The number of hydrogen-bond acceptors (Lipinski definition) is 2. The third-order valence-electron chi connectivity index (χ3n) is 4.21. The number of aldehydes is 1. The van der Waals surface area contributed by atoms with Gasteiger partial charge in [-0.25, -0.2) is 0 Å². The molecule has 18 heavy (non-hydrogen) atoms. The van der Waals surface area contributed by atoms with Crippen LogP contribution in [0.15, 0.2) is 23.8 Å². The summed E-state index contributed by atoms with van der Waals surface area (Å²) in [7, 11) is -1.71. The van der Waals surface area contributed by atoms with E-state index < -0.39 is 8.32 Å². The highest BCUT2D eigenvalue weighted by Gasteiger charge is 2.39. The van der Waals surface area contributed by atoms with Crippen LogP contribution < -0.4 is 0 Å². The predicted molar refractivity (Wildman–Crippen MR) is 79.2 cm³/mol. The van der Waals surface area contributed by atoms with Crippen molar-refractivity contribution in [3.05, 3.63) is 23.8 Å².